The SMILES string of the molecule is CCc1ccc(S(=O)(=O)N(CC)c2ccc3c(c2)OCO3)cc1. The van der Waals surface area contributed by atoms with E-state index in [1.165, 1.54) is 4.31 Å². The Hall–Kier alpha value is -2.21. The second kappa shape index (κ2) is 6.12. The molecule has 0 unspecified atom stereocenters. The fourth-order valence-corrected chi connectivity index (χ4v) is 4.02. The number of rotatable bonds is 5. The minimum Gasteiger partial charge on any atom is -0.454 e. The fourth-order valence-electron chi connectivity index (χ4n) is 2.56. The van der Waals surface area contributed by atoms with Crippen molar-refractivity contribution in [2.24, 2.45) is 0 Å². The molecule has 2 aromatic rings. The summed E-state index contributed by atoms with van der Waals surface area (Å²) in [5.74, 6) is 1.20. The molecule has 2 aromatic carbocycles. The van der Waals surface area contributed by atoms with Crippen LogP contribution in [0.3, 0.4) is 0 Å². The van der Waals surface area contributed by atoms with Gasteiger partial charge in [-0.3, -0.25) is 4.31 Å². The first-order valence-electron chi connectivity index (χ1n) is 7.57. The molecular formula is C17H19NO4S. The van der Waals surface area contributed by atoms with E-state index in [9.17, 15) is 8.42 Å². The molecule has 0 amide bonds. The number of ether oxygens (including phenoxy) is 2. The van der Waals surface area contributed by atoms with Gasteiger partial charge in [0, 0.05) is 12.6 Å². The van der Waals surface area contributed by atoms with Gasteiger partial charge in [0.1, 0.15) is 0 Å². The van der Waals surface area contributed by atoms with E-state index in [2.05, 4.69) is 0 Å². The van der Waals surface area contributed by atoms with Gasteiger partial charge in [-0.2, -0.15) is 0 Å². The molecule has 1 heterocycles. The number of hydrogen-bond donors (Lipinski definition) is 0. The Bertz CT molecular complexity index is 800. The number of sulfonamides is 1. The standard InChI is InChI=1S/C17H19NO4S/c1-3-13-5-8-15(9-6-13)23(19,20)18(4-2)14-7-10-16-17(11-14)22-12-21-16/h5-11H,3-4,12H2,1-2H3. The van der Waals surface area contributed by atoms with E-state index >= 15 is 0 Å². The maximum Gasteiger partial charge on any atom is 0.264 e. The second-order valence-electron chi connectivity index (χ2n) is 5.20. The Morgan fingerprint density at radius 3 is 2.35 bits per heavy atom. The van der Waals surface area contributed by atoms with Crippen LogP contribution in [-0.4, -0.2) is 21.8 Å². The lowest BCUT2D eigenvalue weighted by Gasteiger charge is -2.23. The molecule has 0 bridgehead atoms. The van der Waals surface area contributed by atoms with Crippen LogP contribution >= 0.6 is 0 Å². The van der Waals surface area contributed by atoms with Crippen LogP contribution < -0.4 is 13.8 Å². The Kier molecular flexibility index (Phi) is 4.17. The van der Waals surface area contributed by atoms with Crippen molar-refractivity contribution in [3.05, 3.63) is 48.0 Å². The molecule has 23 heavy (non-hydrogen) atoms. The number of benzene rings is 2. The Morgan fingerprint density at radius 2 is 1.70 bits per heavy atom. The first kappa shape index (κ1) is 15.7. The van der Waals surface area contributed by atoms with Gasteiger partial charge in [0.15, 0.2) is 11.5 Å². The average molecular weight is 333 g/mol. The third kappa shape index (κ3) is 2.86. The van der Waals surface area contributed by atoms with E-state index in [0.29, 0.717) is 23.7 Å². The topological polar surface area (TPSA) is 55.8 Å². The quantitative estimate of drug-likeness (QED) is 0.843. The smallest absolute Gasteiger partial charge is 0.264 e. The summed E-state index contributed by atoms with van der Waals surface area (Å²) in [6.07, 6.45) is 0.875. The van der Waals surface area contributed by atoms with Crippen molar-refractivity contribution in [3.8, 4) is 11.5 Å². The number of hydrogen-bond acceptors (Lipinski definition) is 4. The molecule has 5 nitrogen and oxygen atoms in total. The molecule has 0 saturated carbocycles. The van der Waals surface area contributed by atoms with Gasteiger partial charge < -0.3 is 9.47 Å². The van der Waals surface area contributed by atoms with Crippen LogP contribution in [0.4, 0.5) is 5.69 Å². The Labute approximate surface area is 136 Å². The molecule has 0 fully saturated rings. The van der Waals surface area contributed by atoms with Crippen molar-refractivity contribution in [2.75, 3.05) is 17.6 Å². The van der Waals surface area contributed by atoms with Crippen molar-refractivity contribution in [1.82, 2.24) is 0 Å². The van der Waals surface area contributed by atoms with Gasteiger partial charge in [0.05, 0.1) is 10.6 Å². The highest BCUT2D eigenvalue weighted by molar-refractivity contribution is 7.92. The van der Waals surface area contributed by atoms with Gasteiger partial charge in [0.25, 0.3) is 10.0 Å². The molecule has 1 aliphatic heterocycles. The Morgan fingerprint density at radius 1 is 1.00 bits per heavy atom. The summed E-state index contributed by atoms with van der Waals surface area (Å²) >= 11 is 0. The molecule has 1 aliphatic rings. The zero-order chi connectivity index (χ0) is 16.4. The summed E-state index contributed by atoms with van der Waals surface area (Å²) in [5.41, 5.74) is 1.67. The van der Waals surface area contributed by atoms with Crippen molar-refractivity contribution in [3.63, 3.8) is 0 Å². The molecule has 0 aliphatic carbocycles. The zero-order valence-electron chi connectivity index (χ0n) is 13.2. The van der Waals surface area contributed by atoms with Gasteiger partial charge in [0.2, 0.25) is 6.79 Å². The summed E-state index contributed by atoms with van der Waals surface area (Å²) in [4.78, 5) is 0.286. The van der Waals surface area contributed by atoms with E-state index in [0.717, 1.165) is 12.0 Å². The fraction of sp³-hybridized carbons (Fsp3) is 0.294. The van der Waals surface area contributed by atoms with Gasteiger partial charge in [-0.15, -0.1) is 0 Å². The summed E-state index contributed by atoms with van der Waals surface area (Å²) in [6.45, 7) is 4.34. The van der Waals surface area contributed by atoms with Crippen molar-refractivity contribution < 1.29 is 17.9 Å². The van der Waals surface area contributed by atoms with E-state index < -0.39 is 10.0 Å². The minimum atomic E-state index is -3.61. The molecule has 3 rings (SSSR count). The summed E-state index contributed by atoms with van der Waals surface area (Å²) in [6, 6.07) is 12.2. The largest absolute Gasteiger partial charge is 0.454 e. The highest BCUT2D eigenvalue weighted by Gasteiger charge is 2.25. The predicted molar refractivity (Wildman–Crippen MR) is 88.6 cm³/mol. The average Bonchev–Trinajstić information content (AvgIpc) is 3.03. The van der Waals surface area contributed by atoms with E-state index in [1.807, 2.05) is 26.0 Å². The van der Waals surface area contributed by atoms with Gasteiger partial charge in [-0.05, 0) is 43.2 Å². The maximum absolute atomic E-state index is 12.9. The summed E-state index contributed by atoms with van der Waals surface area (Å²) in [7, 11) is -3.61. The molecule has 6 heteroatoms. The molecule has 0 aromatic heterocycles. The molecule has 122 valence electrons. The second-order valence-corrected chi connectivity index (χ2v) is 7.07. The first-order valence-corrected chi connectivity index (χ1v) is 9.01. The molecular weight excluding hydrogens is 314 g/mol. The predicted octanol–water partition coefficient (Wildman–Crippen LogP) is 3.19. The Balaban J connectivity index is 1.98. The molecule has 0 N–H and O–H groups in total. The summed E-state index contributed by atoms with van der Waals surface area (Å²) in [5, 5.41) is 0. The number of nitrogens with zero attached hydrogens (tertiary/aromatic N) is 1. The zero-order valence-corrected chi connectivity index (χ0v) is 14.0. The van der Waals surface area contributed by atoms with Crippen molar-refractivity contribution in [2.45, 2.75) is 25.2 Å². The lowest BCUT2D eigenvalue weighted by molar-refractivity contribution is 0.174. The van der Waals surface area contributed by atoms with Crippen LogP contribution in [0.5, 0.6) is 11.5 Å². The van der Waals surface area contributed by atoms with Gasteiger partial charge in [-0.1, -0.05) is 19.1 Å². The van der Waals surface area contributed by atoms with Crippen LogP contribution in [0, 0.1) is 0 Å². The van der Waals surface area contributed by atoms with Crippen molar-refractivity contribution >= 4 is 15.7 Å². The van der Waals surface area contributed by atoms with Crippen LogP contribution in [0.1, 0.15) is 19.4 Å². The highest BCUT2D eigenvalue weighted by Crippen LogP contribution is 2.36. The normalized spacial score (nSPS) is 13.1. The van der Waals surface area contributed by atoms with Gasteiger partial charge >= 0.3 is 0 Å². The van der Waals surface area contributed by atoms with E-state index in [1.54, 1.807) is 30.3 Å². The summed E-state index contributed by atoms with van der Waals surface area (Å²) < 4.78 is 37.8. The van der Waals surface area contributed by atoms with Crippen LogP contribution in [0.2, 0.25) is 0 Å². The third-order valence-corrected chi connectivity index (χ3v) is 5.77. The lowest BCUT2D eigenvalue weighted by Crippen LogP contribution is -2.30. The number of fused-ring (bicyclic) bond motifs is 1. The lowest BCUT2D eigenvalue weighted by atomic mass is 10.2. The van der Waals surface area contributed by atoms with E-state index in [-0.39, 0.29) is 11.7 Å². The molecule has 0 saturated heterocycles. The van der Waals surface area contributed by atoms with E-state index in [4.69, 9.17) is 9.47 Å². The van der Waals surface area contributed by atoms with Crippen LogP contribution in [0.15, 0.2) is 47.4 Å². The van der Waals surface area contributed by atoms with Gasteiger partial charge in [-0.25, -0.2) is 8.42 Å². The highest BCUT2D eigenvalue weighted by atomic mass is 32.2. The third-order valence-electron chi connectivity index (χ3n) is 3.85. The molecule has 0 radical (unpaired) electrons. The van der Waals surface area contributed by atoms with Crippen molar-refractivity contribution in [1.29, 1.82) is 0 Å². The van der Waals surface area contributed by atoms with Crippen LogP contribution in [-0.2, 0) is 16.4 Å². The number of aryl methyl sites for hydroxylation is 1. The number of anilines is 1. The monoisotopic (exact) mass is 333 g/mol. The molecule has 0 spiro atoms. The molecule has 0 atom stereocenters. The minimum absolute atomic E-state index is 0.163. The first-order chi connectivity index (χ1) is 11.1. The maximum atomic E-state index is 12.9. The van der Waals surface area contributed by atoms with Crippen LogP contribution in [0.25, 0.3) is 0 Å².